The molecule has 0 aliphatic carbocycles. The number of hydrogen-bond acceptors (Lipinski definition) is 4. The highest BCUT2D eigenvalue weighted by Gasteiger charge is 2.28. The van der Waals surface area contributed by atoms with E-state index in [9.17, 15) is 20.0 Å². The first-order valence-corrected chi connectivity index (χ1v) is 10.5. The molecule has 2 atom stereocenters. The van der Waals surface area contributed by atoms with Gasteiger partial charge in [0.2, 0.25) is 6.04 Å². The van der Waals surface area contributed by atoms with Crippen LogP contribution in [0.25, 0.3) is 0 Å². The smallest absolute Gasteiger partial charge is 0.303 e. The Hall–Kier alpha value is -1.17. The molecule has 6 nitrogen and oxygen atoms in total. The van der Waals surface area contributed by atoms with E-state index in [1.807, 2.05) is 0 Å². The SMILES string of the molecule is CCCCCCCCCCC(O)C(CCCCCCCC(=O)O)[N+](=O)[O-]. The third-order valence-corrected chi connectivity index (χ3v) is 4.96. The second-order valence-electron chi connectivity index (χ2n) is 7.38. The van der Waals surface area contributed by atoms with Crippen molar-refractivity contribution in [1.29, 1.82) is 0 Å². The van der Waals surface area contributed by atoms with Crippen molar-refractivity contribution in [2.75, 3.05) is 0 Å². The molecule has 0 amide bonds. The van der Waals surface area contributed by atoms with Gasteiger partial charge in [-0.3, -0.25) is 14.9 Å². The van der Waals surface area contributed by atoms with Crippen LogP contribution >= 0.6 is 0 Å². The summed E-state index contributed by atoms with van der Waals surface area (Å²) in [5.41, 5.74) is 0. The van der Waals surface area contributed by atoms with E-state index in [2.05, 4.69) is 6.92 Å². The Morgan fingerprint density at radius 2 is 1.31 bits per heavy atom. The van der Waals surface area contributed by atoms with Crippen LogP contribution in [0.1, 0.15) is 110 Å². The van der Waals surface area contributed by atoms with Gasteiger partial charge in [-0.1, -0.05) is 77.6 Å². The van der Waals surface area contributed by atoms with E-state index in [1.165, 1.54) is 32.1 Å². The number of carboxylic acid groups (broad SMARTS) is 1. The van der Waals surface area contributed by atoms with Gasteiger partial charge < -0.3 is 10.2 Å². The number of unbranched alkanes of at least 4 members (excludes halogenated alkanes) is 11. The molecule has 0 rings (SSSR count). The summed E-state index contributed by atoms with van der Waals surface area (Å²) in [6.45, 7) is 2.20. The topological polar surface area (TPSA) is 101 Å². The van der Waals surface area contributed by atoms with Gasteiger partial charge >= 0.3 is 5.97 Å². The number of aliphatic hydroxyl groups excluding tert-OH is 1. The monoisotopic (exact) mass is 373 g/mol. The molecule has 2 N–H and O–H groups in total. The number of nitrogens with zero attached hydrogens (tertiary/aromatic N) is 1. The first-order valence-electron chi connectivity index (χ1n) is 10.5. The van der Waals surface area contributed by atoms with Gasteiger partial charge in [0.05, 0.1) is 0 Å². The molecule has 0 spiro atoms. The van der Waals surface area contributed by atoms with Crippen LogP contribution in [0, 0.1) is 10.1 Å². The highest BCUT2D eigenvalue weighted by molar-refractivity contribution is 5.66. The first-order chi connectivity index (χ1) is 12.5. The van der Waals surface area contributed by atoms with Crippen molar-refractivity contribution in [3.05, 3.63) is 10.1 Å². The van der Waals surface area contributed by atoms with E-state index in [-0.39, 0.29) is 11.3 Å². The fourth-order valence-electron chi connectivity index (χ4n) is 3.28. The lowest BCUT2D eigenvalue weighted by Crippen LogP contribution is -2.33. The molecule has 0 radical (unpaired) electrons. The molecule has 0 aromatic carbocycles. The van der Waals surface area contributed by atoms with Crippen molar-refractivity contribution in [3.63, 3.8) is 0 Å². The molecule has 6 heteroatoms. The Morgan fingerprint density at radius 3 is 1.81 bits per heavy atom. The Morgan fingerprint density at radius 1 is 0.846 bits per heavy atom. The molecule has 2 unspecified atom stereocenters. The summed E-state index contributed by atoms with van der Waals surface area (Å²) in [6, 6.07) is -0.862. The second-order valence-corrected chi connectivity index (χ2v) is 7.38. The van der Waals surface area contributed by atoms with E-state index < -0.39 is 18.1 Å². The minimum absolute atomic E-state index is 0.189. The van der Waals surface area contributed by atoms with E-state index in [4.69, 9.17) is 5.11 Å². The van der Waals surface area contributed by atoms with Gasteiger partial charge in [-0.05, 0) is 19.3 Å². The van der Waals surface area contributed by atoms with Crippen LogP contribution in [0.3, 0.4) is 0 Å². The van der Waals surface area contributed by atoms with Gasteiger partial charge in [0.25, 0.3) is 0 Å². The number of hydrogen-bond donors (Lipinski definition) is 2. The van der Waals surface area contributed by atoms with Crippen molar-refractivity contribution >= 4 is 5.97 Å². The summed E-state index contributed by atoms with van der Waals surface area (Å²) >= 11 is 0. The fraction of sp³-hybridized carbons (Fsp3) is 0.950. The maximum atomic E-state index is 11.2. The largest absolute Gasteiger partial charge is 0.481 e. The van der Waals surface area contributed by atoms with Gasteiger partial charge in [0, 0.05) is 17.8 Å². The van der Waals surface area contributed by atoms with Crippen LogP contribution in [0.5, 0.6) is 0 Å². The first kappa shape index (κ1) is 24.8. The molecule has 0 aromatic heterocycles. The molecule has 0 aliphatic rings. The van der Waals surface area contributed by atoms with Gasteiger partial charge in [-0.25, -0.2) is 0 Å². The Kier molecular flexibility index (Phi) is 16.5. The van der Waals surface area contributed by atoms with E-state index in [0.29, 0.717) is 25.7 Å². The van der Waals surface area contributed by atoms with Crippen molar-refractivity contribution < 1.29 is 19.9 Å². The molecular formula is C20H39NO5. The lowest BCUT2D eigenvalue weighted by Gasteiger charge is -2.16. The van der Waals surface area contributed by atoms with Crippen molar-refractivity contribution in [1.82, 2.24) is 0 Å². The molecule has 0 saturated heterocycles. The molecule has 0 aliphatic heterocycles. The Labute approximate surface area is 158 Å². The number of carboxylic acids is 1. The summed E-state index contributed by atoms with van der Waals surface area (Å²) in [6.07, 6.45) is 13.6. The fourth-order valence-corrected chi connectivity index (χ4v) is 3.28. The average Bonchev–Trinajstić information content (AvgIpc) is 2.58. The van der Waals surface area contributed by atoms with Crippen LogP contribution in [0.2, 0.25) is 0 Å². The maximum Gasteiger partial charge on any atom is 0.303 e. The van der Waals surface area contributed by atoms with Gasteiger partial charge in [-0.2, -0.15) is 0 Å². The predicted molar refractivity (Wildman–Crippen MR) is 104 cm³/mol. The Bertz CT molecular complexity index is 362. The number of aliphatic hydroxyl groups is 1. The minimum Gasteiger partial charge on any atom is -0.481 e. The zero-order valence-electron chi connectivity index (χ0n) is 16.5. The Balaban J connectivity index is 3.74. The van der Waals surface area contributed by atoms with Crippen molar-refractivity contribution in [2.45, 2.75) is 122 Å². The normalized spacial score (nSPS) is 13.5. The second kappa shape index (κ2) is 17.3. The molecule has 0 heterocycles. The number of carbonyl (C=O) groups is 1. The van der Waals surface area contributed by atoms with Crippen LogP contribution in [-0.2, 0) is 4.79 Å². The quantitative estimate of drug-likeness (QED) is 0.181. The molecule has 154 valence electrons. The lowest BCUT2D eigenvalue weighted by atomic mass is 9.98. The number of rotatable bonds is 19. The molecule has 0 saturated carbocycles. The van der Waals surface area contributed by atoms with E-state index in [0.717, 1.165) is 38.5 Å². The van der Waals surface area contributed by atoms with Crippen molar-refractivity contribution in [2.24, 2.45) is 0 Å². The van der Waals surface area contributed by atoms with E-state index >= 15 is 0 Å². The third kappa shape index (κ3) is 15.1. The summed E-state index contributed by atoms with van der Waals surface area (Å²) in [4.78, 5) is 21.3. The van der Waals surface area contributed by atoms with Crippen molar-refractivity contribution in [3.8, 4) is 0 Å². The number of nitro groups is 1. The highest BCUT2D eigenvalue weighted by Crippen LogP contribution is 2.17. The average molecular weight is 374 g/mol. The predicted octanol–water partition coefficient (Wildman–Crippen LogP) is 5.34. The minimum atomic E-state index is -0.862. The maximum absolute atomic E-state index is 11.2. The van der Waals surface area contributed by atoms with Gasteiger partial charge in [-0.15, -0.1) is 0 Å². The lowest BCUT2D eigenvalue weighted by molar-refractivity contribution is -0.535. The van der Waals surface area contributed by atoms with Gasteiger partial charge in [0.15, 0.2) is 0 Å². The molecule has 0 bridgehead atoms. The van der Waals surface area contributed by atoms with E-state index in [1.54, 1.807) is 0 Å². The summed E-state index contributed by atoms with van der Waals surface area (Å²) in [5, 5.41) is 29.9. The number of aliphatic carboxylic acids is 1. The van der Waals surface area contributed by atoms with Crippen LogP contribution in [0.4, 0.5) is 0 Å². The van der Waals surface area contributed by atoms with Gasteiger partial charge in [0.1, 0.15) is 6.10 Å². The molecule has 26 heavy (non-hydrogen) atoms. The highest BCUT2D eigenvalue weighted by atomic mass is 16.6. The van der Waals surface area contributed by atoms with Crippen LogP contribution < -0.4 is 0 Å². The summed E-state index contributed by atoms with van der Waals surface area (Å²) < 4.78 is 0. The molecular weight excluding hydrogens is 334 g/mol. The molecule has 0 aromatic rings. The third-order valence-electron chi connectivity index (χ3n) is 4.96. The summed E-state index contributed by atoms with van der Waals surface area (Å²) in [7, 11) is 0. The van der Waals surface area contributed by atoms with Crippen LogP contribution in [-0.4, -0.2) is 33.3 Å². The zero-order valence-corrected chi connectivity index (χ0v) is 16.5. The molecule has 0 fully saturated rings. The standard InChI is InChI=1S/C20H39NO5/c1-2-3-4-5-6-7-10-13-16-19(22)18(21(25)26)15-12-9-8-11-14-17-20(23)24/h18-19,22H,2-17H2,1H3,(H,23,24). The zero-order chi connectivity index (χ0) is 19.6. The summed E-state index contributed by atoms with van der Waals surface area (Å²) in [5.74, 6) is -0.775. The van der Waals surface area contributed by atoms with Crippen LogP contribution in [0.15, 0.2) is 0 Å².